The Bertz CT molecular complexity index is 994. The summed E-state index contributed by atoms with van der Waals surface area (Å²) in [5.41, 5.74) is 5.24. The van der Waals surface area contributed by atoms with Crippen molar-refractivity contribution in [2.45, 2.75) is 20.4 Å². The molecule has 7 nitrogen and oxygen atoms in total. The van der Waals surface area contributed by atoms with Crippen LogP contribution in [0.15, 0.2) is 54.7 Å². The largest absolute Gasteiger partial charge is 0.410 e. The maximum absolute atomic E-state index is 5.67. The Balaban J connectivity index is 1.51. The zero-order valence-electron chi connectivity index (χ0n) is 15.7. The van der Waals surface area contributed by atoms with Crippen molar-refractivity contribution >= 4 is 11.6 Å². The van der Waals surface area contributed by atoms with Crippen molar-refractivity contribution in [3.8, 4) is 11.3 Å². The van der Waals surface area contributed by atoms with Gasteiger partial charge in [0, 0.05) is 25.0 Å². The van der Waals surface area contributed by atoms with Crippen LogP contribution in [-0.4, -0.2) is 31.4 Å². The number of allylic oxidation sites excluding steroid dienone is 1. The van der Waals surface area contributed by atoms with E-state index in [1.54, 1.807) is 17.1 Å². The molecule has 0 saturated heterocycles. The highest BCUT2D eigenvalue weighted by atomic mass is 16.7. The van der Waals surface area contributed by atoms with Crippen molar-refractivity contribution in [3.05, 3.63) is 65.8 Å². The maximum atomic E-state index is 5.67. The van der Waals surface area contributed by atoms with Gasteiger partial charge in [0.25, 0.3) is 0 Å². The number of hydrogen-bond acceptors (Lipinski definition) is 6. The molecular formula is C20H22N6O. The molecule has 1 aliphatic rings. The molecule has 0 amide bonds. The molecule has 138 valence electrons. The number of aryl methyl sites for hydroxylation is 2. The number of benzene rings is 1. The first-order valence-electron chi connectivity index (χ1n) is 8.85. The summed E-state index contributed by atoms with van der Waals surface area (Å²) in [5.74, 6) is 1.51. The third-order valence-electron chi connectivity index (χ3n) is 4.46. The molecule has 0 atom stereocenters. The molecular weight excluding hydrogens is 340 g/mol. The first kappa shape index (κ1) is 17.2. The molecule has 0 unspecified atom stereocenters. The lowest BCUT2D eigenvalue weighted by Crippen LogP contribution is -2.18. The maximum Gasteiger partial charge on any atom is 0.227 e. The van der Waals surface area contributed by atoms with Gasteiger partial charge in [-0.05, 0) is 43.2 Å². The fourth-order valence-electron chi connectivity index (χ4n) is 3.02. The van der Waals surface area contributed by atoms with Gasteiger partial charge >= 0.3 is 0 Å². The van der Waals surface area contributed by atoms with Crippen LogP contribution in [0.5, 0.6) is 0 Å². The minimum atomic E-state index is 0.550. The number of aromatic nitrogens is 4. The molecule has 0 radical (unpaired) electrons. The fraction of sp³-hybridized carbons (Fsp3) is 0.250. The molecule has 0 bridgehead atoms. The number of anilines is 2. The SMILES string of the molecule is CC1=CCN(Cc2ccc(-c3ccnc(Nc4cnn(C)c4)n3)cc2C)O1. The molecule has 0 spiro atoms. The lowest BCUT2D eigenvalue weighted by molar-refractivity contribution is -0.0981. The van der Waals surface area contributed by atoms with Crippen molar-refractivity contribution in [1.82, 2.24) is 24.8 Å². The first-order chi connectivity index (χ1) is 13.1. The van der Waals surface area contributed by atoms with Gasteiger partial charge in [-0.1, -0.05) is 12.1 Å². The monoisotopic (exact) mass is 362 g/mol. The van der Waals surface area contributed by atoms with E-state index in [9.17, 15) is 0 Å². The molecule has 7 heteroatoms. The third-order valence-corrected chi connectivity index (χ3v) is 4.46. The summed E-state index contributed by atoms with van der Waals surface area (Å²) in [6, 6.07) is 8.30. The summed E-state index contributed by atoms with van der Waals surface area (Å²) >= 11 is 0. The number of rotatable bonds is 5. The predicted molar refractivity (Wildman–Crippen MR) is 104 cm³/mol. The topological polar surface area (TPSA) is 68.1 Å². The Morgan fingerprint density at radius 3 is 2.81 bits per heavy atom. The number of nitrogens with one attached hydrogen (secondary N) is 1. The molecule has 3 heterocycles. The Morgan fingerprint density at radius 1 is 1.22 bits per heavy atom. The van der Waals surface area contributed by atoms with Crippen LogP contribution in [0.1, 0.15) is 18.1 Å². The Hall–Kier alpha value is -3.19. The van der Waals surface area contributed by atoms with Crippen LogP contribution in [0.2, 0.25) is 0 Å². The van der Waals surface area contributed by atoms with E-state index < -0.39 is 0 Å². The van der Waals surface area contributed by atoms with Gasteiger partial charge in [0.2, 0.25) is 5.95 Å². The number of nitrogens with zero attached hydrogens (tertiary/aromatic N) is 5. The van der Waals surface area contributed by atoms with E-state index in [2.05, 4.69) is 51.6 Å². The normalized spacial score (nSPS) is 14.1. The van der Waals surface area contributed by atoms with Gasteiger partial charge in [-0.2, -0.15) is 5.10 Å². The first-order valence-corrected chi connectivity index (χ1v) is 8.85. The summed E-state index contributed by atoms with van der Waals surface area (Å²) < 4.78 is 1.73. The molecule has 3 aromatic rings. The van der Waals surface area contributed by atoms with Gasteiger partial charge < -0.3 is 10.2 Å². The second kappa shape index (κ2) is 7.20. The van der Waals surface area contributed by atoms with Gasteiger partial charge in [0.05, 0.1) is 30.7 Å². The van der Waals surface area contributed by atoms with Crippen molar-refractivity contribution in [3.63, 3.8) is 0 Å². The Kier molecular flexibility index (Phi) is 4.60. The van der Waals surface area contributed by atoms with Crippen LogP contribution in [0.4, 0.5) is 11.6 Å². The van der Waals surface area contributed by atoms with E-state index in [0.717, 1.165) is 35.8 Å². The standard InChI is InChI=1S/C20H22N6O/c1-14-10-16(4-5-17(14)12-26-9-7-15(2)27-26)19-6-8-21-20(24-19)23-18-11-22-25(3)13-18/h4-8,10-11,13H,9,12H2,1-3H3,(H,21,23,24). The molecule has 1 aliphatic heterocycles. The Labute approximate surface area is 158 Å². The summed E-state index contributed by atoms with van der Waals surface area (Å²) in [7, 11) is 1.87. The Morgan fingerprint density at radius 2 is 2.11 bits per heavy atom. The van der Waals surface area contributed by atoms with E-state index in [1.807, 2.05) is 31.3 Å². The second-order valence-electron chi connectivity index (χ2n) is 6.66. The van der Waals surface area contributed by atoms with E-state index in [1.165, 1.54) is 11.1 Å². The van der Waals surface area contributed by atoms with E-state index in [0.29, 0.717) is 5.95 Å². The van der Waals surface area contributed by atoms with Crippen LogP contribution >= 0.6 is 0 Å². The van der Waals surface area contributed by atoms with Gasteiger partial charge in [-0.3, -0.25) is 4.68 Å². The van der Waals surface area contributed by atoms with Crippen LogP contribution < -0.4 is 5.32 Å². The molecule has 4 rings (SSSR count). The molecule has 1 N–H and O–H groups in total. The van der Waals surface area contributed by atoms with Crippen LogP contribution in [0.3, 0.4) is 0 Å². The van der Waals surface area contributed by atoms with Crippen molar-refractivity contribution in [2.24, 2.45) is 7.05 Å². The zero-order valence-corrected chi connectivity index (χ0v) is 15.7. The van der Waals surface area contributed by atoms with Gasteiger partial charge in [-0.15, -0.1) is 5.06 Å². The number of hydroxylamine groups is 2. The second-order valence-corrected chi connectivity index (χ2v) is 6.66. The van der Waals surface area contributed by atoms with Gasteiger partial charge in [-0.25, -0.2) is 9.97 Å². The lowest BCUT2D eigenvalue weighted by Gasteiger charge is -2.17. The molecule has 27 heavy (non-hydrogen) atoms. The van der Waals surface area contributed by atoms with Crippen LogP contribution in [0, 0.1) is 6.92 Å². The highest BCUT2D eigenvalue weighted by molar-refractivity contribution is 5.63. The molecule has 0 aliphatic carbocycles. The lowest BCUT2D eigenvalue weighted by atomic mass is 10.0. The predicted octanol–water partition coefficient (Wildman–Crippen LogP) is 3.58. The van der Waals surface area contributed by atoms with E-state index in [-0.39, 0.29) is 0 Å². The smallest absolute Gasteiger partial charge is 0.227 e. The minimum absolute atomic E-state index is 0.550. The zero-order chi connectivity index (χ0) is 18.8. The summed E-state index contributed by atoms with van der Waals surface area (Å²) in [6.07, 6.45) is 7.47. The van der Waals surface area contributed by atoms with Crippen LogP contribution in [0.25, 0.3) is 11.3 Å². The highest BCUT2D eigenvalue weighted by Crippen LogP contribution is 2.24. The molecule has 0 fully saturated rings. The average molecular weight is 362 g/mol. The molecule has 0 saturated carbocycles. The van der Waals surface area contributed by atoms with Crippen LogP contribution in [-0.2, 0) is 18.4 Å². The van der Waals surface area contributed by atoms with Gasteiger partial charge in [0.1, 0.15) is 5.76 Å². The molecule has 2 aromatic heterocycles. The van der Waals surface area contributed by atoms with Crippen molar-refractivity contribution < 1.29 is 4.84 Å². The van der Waals surface area contributed by atoms with E-state index in [4.69, 9.17) is 4.84 Å². The van der Waals surface area contributed by atoms with Crippen molar-refractivity contribution in [2.75, 3.05) is 11.9 Å². The van der Waals surface area contributed by atoms with E-state index >= 15 is 0 Å². The summed E-state index contributed by atoms with van der Waals surface area (Å²) in [6.45, 7) is 5.67. The number of hydrogen-bond donors (Lipinski definition) is 1. The van der Waals surface area contributed by atoms with Gasteiger partial charge in [0.15, 0.2) is 0 Å². The minimum Gasteiger partial charge on any atom is -0.410 e. The third kappa shape index (κ3) is 3.98. The summed E-state index contributed by atoms with van der Waals surface area (Å²) in [4.78, 5) is 14.6. The quantitative estimate of drug-likeness (QED) is 0.748. The molecule has 1 aromatic carbocycles. The average Bonchev–Trinajstić information content (AvgIpc) is 3.25. The summed E-state index contributed by atoms with van der Waals surface area (Å²) in [5, 5.41) is 9.28. The van der Waals surface area contributed by atoms with Crippen molar-refractivity contribution in [1.29, 1.82) is 0 Å². The fourth-order valence-corrected chi connectivity index (χ4v) is 3.02. The highest BCUT2D eigenvalue weighted by Gasteiger charge is 2.14.